The summed E-state index contributed by atoms with van der Waals surface area (Å²) in [6.45, 7) is 5.77. The second-order valence-corrected chi connectivity index (χ2v) is 7.44. The molecule has 0 spiro atoms. The number of rotatable bonds is 7. The number of hydrogen-bond donors (Lipinski definition) is 2. The molecule has 0 fully saturated rings. The van der Waals surface area contributed by atoms with Crippen LogP contribution in [0, 0.1) is 13.8 Å². The molecule has 1 aromatic carbocycles. The SMILES string of the molecule is CN=C(NCCc1csc(C)n1)NCC(c1ccc(C)cc1)N(C)C. The second kappa shape index (κ2) is 9.53. The number of likely N-dealkylation sites (N-methyl/N-ethyl adjacent to an activating group) is 1. The molecule has 0 amide bonds. The summed E-state index contributed by atoms with van der Waals surface area (Å²) in [6, 6.07) is 9.01. The molecule has 2 aromatic rings. The van der Waals surface area contributed by atoms with Gasteiger partial charge in [-0.1, -0.05) is 29.8 Å². The minimum atomic E-state index is 0.292. The van der Waals surface area contributed by atoms with Gasteiger partial charge in [0.15, 0.2) is 5.96 Å². The van der Waals surface area contributed by atoms with Crippen LogP contribution in [-0.2, 0) is 6.42 Å². The van der Waals surface area contributed by atoms with Gasteiger partial charge in [0, 0.05) is 31.9 Å². The number of thiazole rings is 1. The molecule has 1 aromatic heterocycles. The van der Waals surface area contributed by atoms with Gasteiger partial charge in [-0.2, -0.15) is 0 Å². The average Bonchev–Trinajstić information content (AvgIpc) is 3.00. The van der Waals surface area contributed by atoms with E-state index in [0.717, 1.165) is 36.2 Å². The first-order valence-electron chi connectivity index (χ1n) is 8.58. The number of aliphatic imine (C=N–C) groups is 1. The Hall–Kier alpha value is -1.92. The summed E-state index contributed by atoms with van der Waals surface area (Å²) in [5.74, 6) is 0.825. The number of nitrogens with one attached hydrogen (secondary N) is 2. The number of nitrogens with zero attached hydrogens (tertiary/aromatic N) is 3. The Kier molecular flexibility index (Phi) is 7.40. The van der Waals surface area contributed by atoms with Crippen LogP contribution in [0.1, 0.15) is 27.9 Å². The van der Waals surface area contributed by atoms with Gasteiger partial charge < -0.3 is 15.5 Å². The van der Waals surface area contributed by atoms with Gasteiger partial charge in [0.25, 0.3) is 0 Å². The van der Waals surface area contributed by atoms with Crippen LogP contribution in [0.2, 0.25) is 0 Å². The minimum absolute atomic E-state index is 0.292. The van der Waals surface area contributed by atoms with Crippen LogP contribution in [0.3, 0.4) is 0 Å². The van der Waals surface area contributed by atoms with Crippen LogP contribution in [0.4, 0.5) is 0 Å². The van der Waals surface area contributed by atoms with Gasteiger partial charge >= 0.3 is 0 Å². The maximum atomic E-state index is 4.49. The van der Waals surface area contributed by atoms with E-state index in [4.69, 9.17) is 0 Å². The fourth-order valence-corrected chi connectivity index (χ4v) is 3.28. The van der Waals surface area contributed by atoms with Crippen molar-refractivity contribution in [1.82, 2.24) is 20.5 Å². The zero-order valence-electron chi connectivity index (χ0n) is 15.8. The highest BCUT2D eigenvalue weighted by molar-refractivity contribution is 7.09. The third-order valence-corrected chi connectivity index (χ3v) is 4.93. The number of hydrogen-bond acceptors (Lipinski definition) is 4. The lowest BCUT2D eigenvalue weighted by Crippen LogP contribution is -2.42. The van der Waals surface area contributed by atoms with Gasteiger partial charge in [0.1, 0.15) is 0 Å². The summed E-state index contributed by atoms with van der Waals surface area (Å²) in [5, 5.41) is 10.0. The third kappa shape index (κ3) is 6.14. The van der Waals surface area contributed by atoms with Crippen molar-refractivity contribution in [1.29, 1.82) is 0 Å². The van der Waals surface area contributed by atoms with Crippen molar-refractivity contribution < 1.29 is 0 Å². The molecule has 5 nitrogen and oxygen atoms in total. The molecule has 1 atom stereocenters. The standard InChI is InChI=1S/C19H29N5S/c1-14-6-8-16(9-7-14)18(24(4)5)12-22-19(20-3)21-11-10-17-13-25-15(2)23-17/h6-9,13,18H,10-12H2,1-5H3,(H2,20,21,22). The molecule has 0 aliphatic heterocycles. The summed E-state index contributed by atoms with van der Waals surface area (Å²) < 4.78 is 0. The van der Waals surface area contributed by atoms with Gasteiger partial charge in [-0.05, 0) is 33.5 Å². The zero-order chi connectivity index (χ0) is 18.2. The van der Waals surface area contributed by atoms with Crippen molar-refractivity contribution in [2.24, 2.45) is 4.99 Å². The predicted molar refractivity (Wildman–Crippen MR) is 108 cm³/mol. The zero-order valence-corrected chi connectivity index (χ0v) is 16.7. The number of benzene rings is 1. The lowest BCUT2D eigenvalue weighted by molar-refractivity contribution is 0.298. The van der Waals surface area contributed by atoms with E-state index >= 15 is 0 Å². The average molecular weight is 360 g/mol. The van der Waals surface area contributed by atoms with Crippen molar-refractivity contribution in [2.75, 3.05) is 34.2 Å². The molecule has 1 heterocycles. The van der Waals surface area contributed by atoms with E-state index in [1.807, 2.05) is 6.92 Å². The summed E-state index contributed by atoms with van der Waals surface area (Å²) in [5.41, 5.74) is 3.72. The number of aryl methyl sites for hydroxylation is 2. The molecule has 0 aliphatic rings. The maximum Gasteiger partial charge on any atom is 0.191 e. The normalized spacial score (nSPS) is 13.1. The van der Waals surface area contributed by atoms with Gasteiger partial charge in [-0.3, -0.25) is 4.99 Å². The molecule has 0 aliphatic carbocycles. The molecule has 2 rings (SSSR count). The smallest absolute Gasteiger partial charge is 0.191 e. The molecule has 0 saturated heterocycles. The van der Waals surface area contributed by atoms with Crippen LogP contribution < -0.4 is 10.6 Å². The lowest BCUT2D eigenvalue weighted by Gasteiger charge is -2.26. The first kappa shape index (κ1) is 19.4. The first-order chi connectivity index (χ1) is 12.0. The Balaban J connectivity index is 1.85. The van der Waals surface area contributed by atoms with Gasteiger partial charge in [0.05, 0.1) is 16.7 Å². The van der Waals surface area contributed by atoms with Gasteiger partial charge in [-0.25, -0.2) is 4.98 Å². The molecular formula is C19H29N5S. The summed E-state index contributed by atoms with van der Waals surface area (Å²) in [4.78, 5) is 11.0. The number of aromatic nitrogens is 1. The third-order valence-electron chi connectivity index (χ3n) is 4.11. The van der Waals surface area contributed by atoms with Gasteiger partial charge in [0.2, 0.25) is 0 Å². The fraction of sp³-hybridized carbons (Fsp3) is 0.474. The molecule has 1 unspecified atom stereocenters. The fourth-order valence-electron chi connectivity index (χ4n) is 2.63. The summed E-state index contributed by atoms with van der Waals surface area (Å²) >= 11 is 1.69. The van der Waals surface area contributed by atoms with Crippen LogP contribution in [0.5, 0.6) is 0 Å². The quantitative estimate of drug-likeness (QED) is 0.590. The van der Waals surface area contributed by atoms with Gasteiger partial charge in [-0.15, -0.1) is 11.3 Å². The predicted octanol–water partition coefficient (Wildman–Crippen LogP) is 2.77. The number of guanidine groups is 1. The molecular weight excluding hydrogens is 330 g/mol. The van der Waals surface area contributed by atoms with Crippen LogP contribution in [0.15, 0.2) is 34.6 Å². The van der Waals surface area contributed by atoms with E-state index in [0.29, 0.717) is 6.04 Å². The van der Waals surface area contributed by atoms with E-state index < -0.39 is 0 Å². The summed E-state index contributed by atoms with van der Waals surface area (Å²) in [6.07, 6.45) is 0.903. The molecule has 2 N–H and O–H groups in total. The van der Waals surface area contributed by atoms with Crippen molar-refractivity contribution >= 4 is 17.3 Å². The molecule has 0 bridgehead atoms. The monoisotopic (exact) mass is 359 g/mol. The van der Waals surface area contributed by atoms with E-state index in [1.165, 1.54) is 11.1 Å². The van der Waals surface area contributed by atoms with E-state index in [2.05, 4.69) is 76.2 Å². The Morgan fingerprint density at radius 3 is 2.48 bits per heavy atom. The largest absolute Gasteiger partial charge is 0.356 e. The van der Waals surface area contributed by atoms with Crippen molar-refractivity contribution in [2.45, 2.75) is 26.3 Å². The highest BCUT2D eigenvalue weighted by atomic mass is 32.1. The molecule has 25 heavy (non-hydrogen) atoms. The lowest BCUT2D eigenvalue weighted by atomic mass is 10.0. The Bertz CT molecular complexity index is 675. The van der Waals surface area contributed by atoms with E-state index in [-0.39, 0.29) is 0 Å². The molecule has 6 heteroatoms. The van der Waals surface area contributed by atoms with Crippen molar-refractivity contribution in [3.63, 3.8) is 0 Å². The van der Waals surface area contributed by atoms with Crippen molar-refractivity contribution in [3.8, 4) is 0 Å². The second-order valence-electron chi connectivity index (χ2n) is 6.38. The Morgan fingerprint density at radius 1 is 1.20 bits per heavy atom. The maximum absolute atomic E-state index is 4.49. The van der Waals surface area contributed by atoms with E-state index in [9.17, 15) is 0 Å². The molecule has 0 saturated carbocycles. The minimum Gasteiger partial charge on any atom is -0.356 e. The van der Waals surface area contributed by atoms with E-state index in [1.54, 1.807) is 18.4 Å². The Morgan fingerprint density at radius 2 is 1.92 bits per heavy atom. The highest BCUT2D eigenvalue weighted by Crippen LogP contribution is 2.17. The highest BCUT2D eigenvalue weighted by Gasteiger charge is 2.14. The first-order valence-corrected chi connectivity index (χ1v) is 9.46. The Labute approximate surface area is 155 Å². The van der Waals surface area contributed by atoms with Crippen molar-refractivity contribution in [3.05, 3.63) is 51.5 Å². The van der Waals surface area contributed by atoms with Crippen LogP contribution in [0.25, 0.3) is 0 Å². The molecule has 136 valence electrons. The molecule has 0 radical (unpaired) electrons. The van der Waals surface area contributed by atoms with Crippen LogP contribution in [-0.4, -0.2) is 50.1 Å². The van der Waals surface area contributed by atoms with Crippen LogP contribution >= 0.6 is 11.3 Å². The topological polar surface area (TPSA) is 52.6 Å². The summed E-state index contributed by atoms with van der Waals surface area (Å²) in [7, 11) is 6.01.